The smallest absolute Gasteiger partial charge is 0.141 e. The molecule has 1 N–H and O–H groups in total. The Morgan fingerprint density at radius 2 is 1.73 bits per heavy atom. The number of aromatic nitrogens is 5. The lowest BCUT2D eigenvalue weighted by Gasteiger charge is -2.34. The van der Waals surface area contributed by atoms with Crippen LogP contribution in [0.3, 0.4) is 0 Å². The van der Waals surface area contributed by atoms with Crippen molar-refractivity contribution in [2.75, 3.05) is 0 Å². The minimum Gasteiger partial charge on any atom is -0.381 e. The van der Waals surface area contributed by atoms with Crippen molar-refractivity contribution in [2.45, 2.75) is 25.1 Å². The highest BCUT2D eigenvalue weighted by atomic mass is 19.1. The number of nitrogens with zero attached hydrogens (tertiary/aromatic N) is 5. The van der Waals surface area contributed by atoms with Gasteiger partial charge in [0.2, 0.25) is 0 Å². The Kier molecular flexibility index (Phi) is 5.98. The van der Waals surface area contributed by atoms with E-state index in [-0.39, 0.29) is 17.7 Å². The molecule has 0 spiro atoms. The minimum atomic E-state index is -1.90. The van der Waals surface area contributed by atoms with E-state index in [2.05, 4.69) is 27.0 Å². The summed E-state index contributed by atoms with van der Waals surface area (Å²) in [5.41, 5.74) is -1.66. The summed E-state index contributed by atoms with van der Waals surface area (Å²) in [6.45, 7) is 1.40. The predicted octanol–water partition coefficient (Wildman–Crippen LogP) is 3.58. The van der Waals surface area contributed by atoms with Crippen LogP contribution in [0, 0.1) is 35.1 Å². The first-order valence-corrected chi connectivity index (χ1v) is 9.78. The molecule has 6 nitrogen and oxygen atoms in total. The minimum absolute atomic E-state index is 0.00766. The average molecular weight is 455 g/mol. The summed E-state index contributed by atoms with van der Waals surface area (Å²) in [6, 6.07) is 5.09. The molecule has 0 saturated carbocycles. The van der Waals surface area contributed by atoms with Crippen LogP contribution in [0.25, 0.3) is 0 Å². The van der Waals surface area contributed by atoms with Crippen molar-refractivity contribution in [1.29, 1.82) is 0 Å². The quantitative estimate of drug-likeness (QED) is 0.369. The summed E-state index contributed by atoms with van der Waals surface area (Å²) in [6.07, 6.45) is 5.51. The molecule has 0 fully saturated rings. The third-order valence-electron chi connectivity index (χ3n) is 5.23. The zero-order chi connectivity index (χ0) is 23.6. The Morgan fingerprint density at radius 1 is 1.00 bits per heavy atom. The fraction of sp³-hybridized carbons (Fsp3) is 0.174. The van der Waals surface area contributed by atoms with Crippen molar-refractivity contribution in [2.24, 2.45) is 0 Å². The fourth-order valence-electron chi connectivity index (χ4n) is 3.41. The van der Waals surface area contributed by atoms with E-state index >= 15 is 0 Å². The van der Waals surface area contributed by atoms with Crippen LogP contribution >= 0.6 is 0 Å². The average Bonchev–Trinajstić information content (AvgIpc) is 3.44. The Balaban J connectivity index is 1.68. The Bertz CT molecular complexity index is 1340. The van der Waals surface area contributed by atoms with Gasteiger partial charge in [0.15, 0.2) is 0 Å². The van der Waals surface area contributed by atoms with Crippen molar-refractivity contribution in [1.82, 2.24) is 24.5 Å². The van der Waals surface area contributed by atoms with Crippen LogP contribution in [0.15, 0.2) is 61.4 Å². The van der Waals surface area contributed by atoms with Gasteiger partial charge < -0.3 is 5.11 Å². The lowest BCUT2D eigenvalue weighted by Crippen LogP contribution is -2.40. The number of hydrogen-bond acceptors (Lipinski definition) is 4. The Morgan fingerprint density at radius 3 is 2.39 bits per heavy atom. The van der Waals surface area contributed by atoms with Gasteiger partial charge in [-0.1, -0.05) is 17.9 Å². The molecule has 4 aromatic rings. The van der Waals surface area contributed by atoms with Gasteiger partial charge in [0.25, 0.3) is 0 Å². The SMILES string of the molecule is C[C@@H](n1cc(C#Cc2ccc(F)cc2F)cn1)[C@](O)(Cn1cncn1)c1ccc(F)cc1F. The molecule has 2 atom stereocenters. The summed E-state index contributed by atoms with van der Waals surface area (Å²) < 4.78 is 57.7. The molecule has 10 heteroatoms. The first-order chi connectivity index (χ1) is 15.8. The van der Waals surface area contributed by atoms with Crippen LogP contribution < -0.4 is 0 Å². The summed E-state index contributed by atoms with van der Waals surface area (Å²) in [4.78, 5) is 3.83. The standard InChI is InChI=1S/C23H17F4N5O/c1-15(32-11-16(10-29-32)2-3-17-4-5-18(24)8-21(17)26)23(33,12-31-14-28-13-30-31)20-7-6-19(25)9-22(20)27/h4-11,13-15,33H,12H2,1H3/t15-,23-/m1/s1. The van der Waals surface area contributed by atoms with Gasteiger partial charge in [0.05, 0.1) is 29.9 Å². The molecule has 0 aliphatic carbocycles. The molecule has 168 valence electrons. The monoisotopic (exact) mass is 455 g/mol. The lowest BCUT2D eigenvalue weighted by molar-refractivity contribution is -0.0369. The fourth-order valence-corrected chi connectivity index (χ4v) is 3.41. The summed E-state index contributed by atoms with van der Waals surface area (Å²) >= 11 is 0. The van der Waals surface area contributed by atoms with Crippen molar-refractivity contribution in [3.8, 4) is 11.8 Å². The predicted molar refractivity (Wildman–Crippen MR) is 110 cm³/mol. The molecule has 2 heterocycles. The molecule has 2 aromatic carbocycles. The maximum atomic E-state index is 14.7. The second-order valence-corrected chi connectivity index (χ2v) is 7.40. The second-order valence-electron chi connectivity index (χ2n) is 7.40. The van der Waals surface area contributed by atoms with Gasteiger partial charge in [0.1, 0.15) is 41.5 Å². The number of rotatable bonds is 5. The molecule has 2 aromatic heterocycles. The highest BCUT2D eigenvalue weighted by Gasteiger charge is 2.40. The van der Waals surface area contributed by atoms with Gasteiger partial charge in [-0.15, -0.1) is 0 Å². The van der Waals surface area contributed by atoms with Crippen molar-refractivity contribution >= 4 is 0 Å². The van der Waals surface area contributed by atoms with Crippen LogP contribution in [0.4, 0.5) is 17.6 Å². The summed E-state index contributed by atoms with van der Waals surface area (Å²) in [5, 5.41) is 19.8. The largest absolute Gasteiger partial charge is 0.381 e. The molecule has 4 rings (SSSR count). The Hall–Kier alpha value is -3.97. The van der Waals surface area contributed by atoms with E-state index in [1.807, 2.05) is 0 Å². The summed E-state index contributed by atoms with van der Waals surface area (Å²) in [7, 11) is 0. The van der Waals surface area contributed by atoms with Gasteiger partial charge in [-0.3, -0.25) is 4.68 Å². The molecule has 0 radical (unpaired) electrons. The van der Waals surface area contributed by atoms with Crippen LogP contribution in [0.1, 0.15) is 29.7 Å². The van der Waals surface area contributed by atoms with E-state index in [0.29, 0.717) is 11.6 Å². The molecular formula is C23H17F4N5O. The third kappa shape index (κ3) is 4.63. The maximum Gasteiger partial charge on any atom is 0.141 e. The maximum absolute atomic E-state index is 14.7. The summed E-state index contributed by atoms with van der Waals surface area (Å²) in [5.74, 6) is 2.11. The van der Waals surface area contributed by atoms with E-state index in [0.717, 1.165) is 18.2 Å². The first kappa shape index (κ1) is 22.2. The molecule has 0 bridgehead atoms. The van der Waals surface area contributed by atoms with Crippen LogP contribution in [-0.4, -0.2) is 29.7 Å². The highest BCUT2D eigenvalue weighted by Crippen LogP contribution is 2.36. The van der Waals surface area contributed by atoms with Crippen LogP contribution in [0.5, 0.6) is 0 Å². The first-order valence-electron chi connectivity index (χ1n) is 9.78. The van der Waals surface area contributed by atoms with Crippen LogP contribution in [0.2, 0.25) is 0 Å². The van der Waals surface area contributed by atoms with Crippen molar-refractivity contribution in [3.63, 3.8) is 0 Å². The van der Waals surface area contributed by atoms with Gasteiger partial charge in [-0.05, 0) is 25.1 Å². The molecular weight excluding hydrogens is 438 g/mol. The number of hydrogen-bond donors (Lipinski definition) is 1. The normalized spacial score (nSPS) is 13.8. The zero-order valence-electron chi connectivity index (χ0n) is 17.3. The van der Waals surface area contributed by atoms with Crippen molar-refractivity contribution in [3.05, 3.63) is 101 Å². The van der Waals surface area contributed by atoms with E-state index in [1.165, 1.54) is 46.5 Å². The van der Waals surface area contributed by atoms with E-state index in [4.69, 9.17) is 0 Å². The van der Waals surface area contributed by atoms with Gasteiger partial charge >= 0.3 is 0 Å². The van der Waals surface area contributed by atoms with E-state index in [9.17, 15) is 22.7 Å². The highest BCUT2D eigenvalue weighted by molar-refractivity contribution is 5.42. The number of aliphatic hydroxyl groups is 1. The lowest BCUT2D eigenvalue weighted by atomic mass is 9.86. The number of benzene rings is 2. The van der Waals surface area contributed by atoms with Crippen molar-refractivity contribution < 1.29 is 22.7 Å². The second kappa shape index (κ2) is 8.88. The molecule has 33 heavy (non-hydrogen) atoms. The van der Waals surface area contributed by atoms with Gasteiger partial charge in [-0.2, -0.15) is 10.2 Å². The topological polar surface area (TPSA) is 68.8 Å². The Labute approximate surface area is 186 Å². The zero-order valence-corrected chi connectivity index (χ0v) is 17.3. The number of halogens is 4. The van der Waals surface area contributed by atoms with E-state index < -0.39 is 34.9 Å². The molecule has 0 aliphatic rings. The van der Waals surface area contributed by atoms with E-state index in [1.54, 1.807) is 6.92 Å². The molecule has 0 amide bonds. The molecule has 0 unspecified atom stereocenters. The van der Waals surface area contributed by atoms with Gasteiger partial charge in [0, 0.05) is 23.9 Å². The molecule has 0 saturated heterocycles. The van der Waals surface area contributed by atoms with Gasteiger partial charge in [-0.25, -0.2) is 27.2 Å². The van der Waals surface area contributed by atoms with Crippen LogP contribution in [-0.2, 0) is 12.1 Å². The third-order valence-corrected chi connectivity index (χ3v) is 5.23. The molecule has 0 aliphatic heterocycles.